The Kier molecular flexibility index (Phi) is 4.43. The van der Waals surface area contributed by atoms with Gasteiger partial charge in [0.2, 0.25) is 0 Å². The van der Waals surface area contributed by atoms with Crippen LogP contribution in [0, 0.1) is 11.8 Å². The van der Waals surface area contributed by atoms with Gasteiger partial charge in [0.15, 0.2) is 0 Å². The molecule has 0 aromatic heterocycles. The van der Waals surface area contributed by atoms with Crippen LogP contribution >= 0.6 is 11.6 Å². The molecule has 1 aliphatic carbocycles. The van der Waals surface area contributed by atoms with Crippen LogP contribution in [0.3, 0.4) is 0 Å². The maximum atomic E-state index is 5.98. The fourth-order valence-corrected chi connectivity index (χ4v) is 1.77. The highest BCUT2D eigenvalue weighted by molar-refractivity contribution is 6.29. The van der Waals surface area contributed by atoms with Gasteiger partial charge < -0.3 is 5.73 Å². The second-order valence-corrected chi connectivity index (χ2v) is 4.46. The molecule has 0 aromatic rings. The van der Waals surface area contributed by atoms with Crippen molar-refractivity contribution >= 4 is 11.6 Å². The fraction of sp³-hybridized carbons (Fsp3) is 0.500. The number of halogens is 1. The van der Waals surface area contributed by atoms with Gasteiger partial charge in [-0.2, -0.15) is 0 Å². The van der Waals surface area contributed by atoms with E-state index in [1.165, 1.54) is 0 Å². The molecule has 0 aliphatic heterocycles. The molecule has 1 rings (SSSR count). The van der Waals surface area contributed by atoms with Gasteiger partial charge in [-0.05, 0) is 31.3 Å². The lowest BCUT2D eigenvalue weighted by Crippen LogP contribution is -2.13. The zero-order valence-electron chi connectivity index (χ0n) is 8.78. The van der Waals surface area contributed by atoms with Gasteiger partial charge in [-0.15, -0.1) is 0 Å². The van der Waals surface area contributed by atoms with Gasteiger partial charge in [0.05, 0.1) is 0 Å². The van der Waals surface area contributed by atoms with Crippen molar-refractivity contribution in [2.75, 3.05) is 0 Å². The first kappa shape index (κ1) is 11.5. The van der Waals surface area contributed by atoms with Gasteiger partial charge in [0.1, 0.15) is 0 Å². The summed E-state index contributed by atoms with van der Waals surface area (Å²) in [7, 11) is 0. The van der Waals surface area contributed by atoms with Gasteiger partial charge in [-0.25, -0.2) is 0 Å². The van der Waals surface area contributed by atoms with E-state index in [0.29, 0.717) is 11.8 Å². The van der Waals surface area contributed by atoms with Crippen LogP contribution in [0.2, 0.25) is 0 Å². The Balaban J connectivity index is 2.50. The summed E-state index contributed by atoms with van der Waals surface area (Å²) in [6, 6.07) is 0.135. The van der Waals surface area contributed by atoms with Crippen LogP contribution in [0.4, 0.5) is 0 Å². The van der Waals surface area contributed by atoms with Crippen LogP contribution in [0.15, 0.2) is 35.4 Å². The maximum Gasteiger partial charge on any atom is 0.0194 e. The van der Waals surface area contributed by atoms with Crippen molar-refractivity contribution in [1.82, 2.24) is 0 Å². The zero-order valence-corrected chi connectivity index (χ0v) is 9.54. The Labute approximate surface area is 91.3 Å². The molecule has 1 nitrogen and oxygen atoms in total. The Bertz CT molecular complexity index is 263. The SMILES string of the molecule is CC(N)/C=C\C(C)C1C=CC=C(Cl)C1. The molecule has 0 heterocycles. The van der Waals surface area contributed by atoms with Crippen molar-refractivity contribution in [3.8, 4) is 0 Å². The second kappa shape index (κ2) is 5.38. The predicted octanol–water partition coefficient (Wildman–Crippen LogP) is 3.22. The van der Waals surface area contributed by atoms with E-state index in [2.05, 4.69) is 19.1 Å². The largest absolute Gasteiger partial charge is 0.325 e. The molecule has 3 unspecified atom stereocenters. The predicted molar refractivity (Wildman–Crippen MR) is 63.1 cm³/mol. The summed E-state index contributed by atoms with van der Waals surface area (Å²) >= 11 is 5.98. The quantitative estimate of drug-likeness (QED) is 0.713. The Hall–Kier alpha value is -0.530. The van der Waals surface area contributed by atoms with E-state index in [4.69, 9.17) is 17.3 Å². The first-order chi connectivity index (χ1) is 6.59. The topological polar surface area (TPSA) is 26.0 Å². The first-order valence-electron chi connectivity index (χ1n) is 5.06. The number of allylic oxidation sites excluding steroid dienone is 5. The van der Waals surface area contributed by atoms with Crippen molar-refractivity contribution in [3.63, 3.8) is 0 Å². The zero-order chi connectivity index (χ0) is 10.6. The third-order valence-corrected chi connectivity index (χ3v) is 2.74. The van der Waals surface area contributed by atoms with Crippen molar-refractivity contribution in [1.29, 1.82) is 0 Å². The minimum Gasteiger partial charge on any atom is -0.325 e. The molecule has 0 aromatic carbocycles. The monoisotopic (exact) mass is 211 g/mol. The number of hydrogen-bond donors (Lipinski definition) is 1. The molecule has 0 fully saturated rings. The summed E-state index contributed by atoms with van der Waals surface area (Å²) in [6.07, 6.45) is 11.4. The van der Waals surface area contributed by atoms with Crippen molar-refractivity contribution in [2.24, 2.45) is 17.6 Å². The van der Waals surface area contributed by atoms with Crippen LogP contribution in [-0.2, 0) is 0 Å². The fourth-order valence-electron chi connectivity index (χ4n) is 1.52. The van der Waals surface area contributed by atoms with E-state index in [1.54, 1.807) is 0 Å². The smallest absolute Gasteiger partial charge is 0.0194 e. The summed E-state index contributed by atoms with van der Waals surface area (Å²) in [6.45, 7) is 4.18. The molecule has 14 heavy (non-hydrogen) atoms. The van der Waals surface area contributed by atoms with Crippen LogP contribution in [0.25, 0.3) is 0 Å². The van der Waals surface area contributed by atoms with E-state index < -0.39 is 0 Å². The normalized spacial score (nSPS) is 26.3. The molecular weight excluding hydrogens is 194 g/mol. The molecule has 0 saturated carbocycles. The molecule has 2 heteroatoms. The summed E-state index contributed by atoms with van der Waals surface area (Å²) < 4.78 is 0. The molecule has 3 atom stereocenters. The molecule has 1 aliphatic rings. The highest BCUT2D eigenvalue weighted by Gasteiger charge is 2.15. The summed E-state index contributed by atoms with van der Waals surface area (Å²) in [5.41, 5.74) is 5.66. The number of rotatable bonds is 3. The van der Waals surface area contributed by atoms with Crippen LogP contribution < -0.4 is 5.73 Å². The van der Waals surface area contributed by atoms with E-state index in [-0.39, 0.29) is 6.04 Å². The molecule has 0 amide bonds. The molecule has 78 valence electrons. The molecule has 0 bridgehead atoms. The third kappa shape index (κ3) is 3.69. The molecular formula is C12H18ClN. The Morgan fingerprint density at radius 3 is 2.79 bits per heavy atom. The first-order valence-corrected chi connectivity index (χ1v) is 5.44. The van der Waals surface area contributed by atoms with Gasteiger partial charge in [0.25, 0.3) is 0 Å². The molecule has 0 saturated heterocycles. The average molecular weight is 212 g/mol. The third-order valence-electron chi connectivity index (χ3n) is 2.46. The number of hydrogen-bond acceptors (Lipinski definition) is 1. The lowest BCUT2D eigenvalue weighted by atomic mass is 9.88. The van der Waals surface area contributed by atoms with Gasteiger partial charge in [-0.3, -0.25) is 0 Å². The summed E-state index contributed by atoms with van der Waals surface area (Å²) in [5.74, 6) is 1.02. The highest BCUT2D eigenvalue weighted by atomic mass is 35.5. The summed E-state index contributed by atoms with van der Waals surface area (Å²) in [5, 5.41) is 0.943. The molecule has 2 N–H and O–H groups in total. The minimum atomic E-state index is 0.135. The van der Waals surface area contributed by atoms with Crippen molar-refractivity contribution in [2.45, 2.75) is 26.3 Å². The van der Waals surface area contributed by atoms with Gasteiger partial charge >= 0.3 is 0 Å². The lowest BCUT2D eigenvalue weighted by Gasteiger charge is -2.20. The maximum absolute atomic E-state index is 5.98. The Morgan fingerprint density at radius 2 is 2.21 bits per heavy atom. The second-order valence-electron chi connectivity index (χ2n) is 3.97. The van der Waals surface area contributed by atoms with E-state index >= 15 is 0 Å². The minimum absolute atomic E-state index is 0.135. The van der Waals surface area contributed by atoms with Gasteiger partial charge in [-0.1, -0.05) is 42.8 Å². The van der Waals surface area contributed by atoms with Crippen LogP contribution in [0.1, 0.15) is 20.3 Å². The van der Waals surface area contributed by atoms with E-state index in [1.807, 2.05) is 25.2 Å². The highest BCUT2D eigenvalue weighted by Crippen LogP contribution is 2.28. The molecule has 0 spiro atoms. The van der Waals surface area contributed by atoms with E-state index in [0.717, 1.165) is 11.5 Å². The standard InChI is InChI=1S/C12H18ClN/c1-9(6-7-10(2)14)11-4-3-5-12(13)8-11/h3-7,9-11H,8,14H2,1-2H3/b7-6-. The van der Waals surface area contributed by atoms with Crippen LogP contribution in [0.5, 0.6) is 0 Å². The van der Waals surface area contributed by atoms with Crippen LogP contribution in [-0.4, -0.2) is 6.04 Å². The van der Waals surface area contributed by atoms with E-state index in [9.17, 15) is 0 Å². The number of nitrogens with two attached hydrogens (primary N) is 1. The van der Waals surface area contributed by atoms with Crippen molar-refractivity contribution in [3.05, 3.63) is 35.4 Å². The lowest BCUT2D eigenvalue weighted by molar-refractivity contribution is 0.509. The molecule has 0 radical (unpaired) electrons. The van der Waals surface area contributed by atoms with Gasteiger partial charge in [0, 0.05) is 11.1 Å². The summed E-state index contributed by atoms with van der Waals surface area (Å²) in [4.78, 5) is 0. The van der Waals surface area contributed by atoms with Crippen molar-refractivity contribution < 1.29 is 0 Å². The Morgan fingerprint density at radius 1 is 1.50 bits per heavy atom. The average Bonchev–Trinajstić information content (AvgIpc) is 2.14.